The number of carbonyl (C=O) groups excluding carboxylic acids is 1. The average Bonchev–Trinajstić information content (AvgIpc) is 3.22. The Morgan fingerprint density at radius 3 is 2.84 bits per heavy atom. The summed E-state index contributed by atoms with van der Waals surface area (Å²) in [5, 5.41) is 21.4. The van der Waals surface area contributed by atoms with Gasteiger partial charge in [-0.15, -0.1) is 0 Å². The number of aliphatic hydroxyl groups is 1. The van der Waals surface area contributed by atoms with Crippen molar-refractivity contribution in [3.63, 3.8) is 0 Å². The van der Waals surface area contributed by atoms with Gasteiger partial charge >= 0.3 is 6.03 Å². The molecule has 0 radical (unpaired) electrons. The zero-order valence-corrected chi connectivity index (χ0v) is 17.7. The number of pyridine rings is 1. The van der Waals surface area contributed by atoms with Gasteiger partial charge in [-0.2, -0.15) is 0 Å². The molecular weight excluding hydrogens is 411 g/mol. The van der Waals surface area contributed by atoms with Crippen LogP contribution in [0.3, 0.4) is 0 Å². The first-order chi connectivity index (χ1) is 15.5. The van der Waals surface area contributed by atoms with Crippen LogP contribution in [0.4, 0.5) is 15.0 Å². The Hall–Kier alpha value is -3.85. The fourth-order valence-corrected chi connectivity index (χ4v) is 3.07. The fourth-order valence-electron chi connectivity index (χ4n) is 3.07. The SMILES string of the molecule is Cc1cc(-c2nc(/C=C\C=N)[nH]c2-c2ccnc(NC(=O)NCCCCO)c2)ccc1F. The molecular formula is C23H25FN6O2. The standard InChI is InChI=1S/C23H25FN6O2/c1-15-13-16(6-7-18(15)24)21-22(29-19(28-21)5-4-9-25)17-8-11-26-20(14-17)30-23(32)27-10-2-3-12-31/h4-9,11,13-14,25,31H,2-3,10,12H2,1H3,(H,28,29)(H2,26,27,30,32)/b5-4-,25-9?. The lowest BCUT2D eigenvalue weighted by Crippen LogP contribution is -2.29. The number of H-pyrrole nitrogens is 1. The topological polar surface area (TPSA) is 127 Å². The van der Waals surface area contributed by atoms with Gasteiger partial charge in [0.05, 0.1) is 11.4 Å². The molecule has 2 amide bonds. The number of rotatable bonds is 9. The zero-order chi connectivity index (χ0) is 22.9. The van der Waals surface area contributed by atoms with Gasteiger partial charge in [0.2, 0.25) is 0 Å². The number of benzene rings is 1. The predicted molar refractivity (Wildman–Crippen MR) is 123 cm³/mol. The maximum atomic E-state index is 13.8. The van der Waals surface area contributed by atoms with Crippen LogP contribution in [-0.2, 0) is 0 Å². The van der Waals surface area contributed by atoms with Crippen molar-refractivity contribution in [2.75, 3.05) is 18.5 Å². The molecule has 2 heterocycles. The highest BCUT2D eigenvalue weighted by Gasteiger charge is 2.15. The van der Waals surface area contributed by atoms with E-state index in [4.69, 9.17) is 10.5 Å². The highest BCUT2D eigenvalue weighted by Crippen LogP contribution is 2.32. The van der Waals surface area contributed by atoms with Crippen LogP contribution in [0, 0.1) is 18.2 Å². The Kier molecular flexibility index (Phi) is 7.82. The number of aromatic amines is 1. The minimum Gasteiger partial charge on any atom is -0.396 e. The molecule has 9 heteroatoms. The number of hydrogen-bond donors (Lipinski definition) is 5. The molecule has 3 aromatic rings. The number of unbranched alkanes of at least 4 members (excludes halogenated alkanes) is 1. The summed E-state index contributed by atoms with van der Waals surface area (Å²) in [5.41, 5.74) is 3.26. The van der Waals surface area contributed by atoms with Crippen LogP contribution in [-0.4, -0.2) is 45.5 Å². The summed E-state index contributed by atoms with van der Waals surface area (Å²) >= 11 is 0. The minimum atomic E-state index is -0.388. The van der Waals surface area contributed by atoms with Gasteiger partial charge in [-0.25, -0.2) is 19.2 Å². The van der Waals surface area contributed by atoms with E-state index >= 15 is 0 Å². The highest BCUT2D eigenvalue weighted by atomic mass is 19.1. The lowest BCUT2D eigenvalue weighted by atomic mass is 10.0. The van der Waals surface area contributed by atoms with E-state index in [1.807, 2.05) is 0 Å². The Balaban J connectivity index is 1.91. The Morgan fingerprint density at radius 1 is 1.25 bits per heavy atom. The molecule has 0 aliphatic heterocycles. The molecule has 32 heavy (non-hydrogen) atoms. The van der Waals surface area contributed by atoms with Crippen molar-refractivity contribution in [1.82, 2.24) is 20.3 Å². The summed E-state index contributed by atoms with van der Waals surface area (Å²) in [6.45, 7) is 2.22. The molecule has 1 aromatic carbocycles. The molecule has 5 N–H and O–H groups in total. The monoisotopic (exact) mass is 436 g/mol. The van der Waals surface area contributed by atoms with Crippen molar-refractivity contribution >= 4 is 24.1 Å². The molecule has 0 saturated heterocycles. The Morgan fingerprint density at radius 2 is 2.09 bits per heavy atom. The molecule has 8 nitrogen and oxygen atoms in total. The lowest BCUT2D eigenvalue weighted by Gasteiger charge is -2.09. The van der Waals surface area contributed by atoms with Gasteiger partial charge in [-0.1, -0.05) is 0 Å². The van der Waals surface area contributed by atoms with Crippen LogP contribution < -0.4 is 10.6 Å². The summed E-state index contributed by atoms with van der Waals surface area (Å²) in [7, 11) is 0. The number of aliphatic hydroxyl groups excluding tert-OH is 1. The van der Waals surface area contributed by atoms with E-state index in [9.17, 15) is 9.18 Å². The second-order valence-electron chi connectivity index (χ2n) is 7.08. The number of allylic oxidation sites excluding steroid dienone is 1. The van der Waals surface area contributed by atoms with Crippen LogP contribution >= 0.6 is 0 Å². The van der Waals surface area contributed by atoms with Crippen molar-refractivity contribution in [2.24, 2.45) is 0 Å². The molecule has 0 unspecified atom stereocenters. The van der Waals surface area contributed by atoms with Crippen molar-refractivity contribution in [1.29, 1.82) is 5.41 Å². The maximum Gasteiger partial charge on any atom is 0.320 e. The molecule has 0 bridgehead atoms. The molecule has 3 rings (SSSR count). The van der Waals surface area contributed by atoms with Crippen LogP contribution in [0.5, 0.6) is 0 Å². The van der Waals surface area contributed by atoms with Gasteiger partial charge in [-0.05, 0) is 67.8 Å². The van der Waals surface area contributed by atoms with Crippen LogP contribution in [0.2, 0.25) is 0 Å². The number of halogens is 1. The van der Waals surface area contributed by atoms with Crippen LogP contribution in [0.25, 0.3) is 28.6 Å². The number of anilines is 1. The predicted octanol–water partition coefficient (Wildman–Crippen LogP) is 4.14. The summed E-state index contributed by atoms with van der Waals surface area (Å²) in [5.74, 6) is 0.596. The molecule has 0 aliphatic carbocycles. The van der Waals surface area contributed by atoms with Gasteiger partial charge in [0.25, 0.3) is 0 Å². The molecule has 166 valence electrons. The van der Waals surface area contributed by atoms with Crippen molar-refractivity contribution in [3.8, 4) is 22.5 Å². The van der Waals surface area contributed by atoms with E-state index in [2.05, 4.69) is 25.6 Å². The lowest BCUT2D eigenvalue weighted by molar-refractivity contribution is 0.250. The number of carbonyl (C=O) groups is 1. The second-order valence-corrected chi connectivity index (χ2v) is 7.08. The van der Waals surface area contributed by atoms with E-state index in [0.29, 0.717) is 48.0 Å². The van der Waals surface area contributed by atoms with Crippen LogP contribution in [0.15, 0.2) is 42.6 Å². The molecule has 2 aromatic heterocycles. The quantitative estimate of drug-likeness (QED) is 0.255. The molecule has 0 atom stereocenters. The number of amides is 2. The van der Waals surface area contributed by atoms with Gasteiger partial charge in [0.1, 0.15) is 17.5 Å². The summed E-state index contributed by atoms with van der Waals surface area (Å²) < 4.78 is 13.8. The minimum absolute atomic E-state index is 0.0873. The summed E-state index contributed by atoms with van der Waals surface area (Å²) in [4.78, 5) is 24.1. The van der Waals surface area contributed by atoms with Crippen molar-refractivity contribution < 1.29 is 14.3 Å². The van der Waals surface area contributed by atoms with Crippen molar-refractivity contribution in [3.05, 3.63) is 59.8 Å². The molecule has 0 saturated carbocycles. The van der Waals surface area contributed by atoms with Crippen LogP contribution in [0.1, 0.15) is 24.2 Å². The normalized spacial score (nSPS) is 11.0. The molecule has 0 spiro atoms. The number of urea groups is 1. The van der Waals surface area contributed by atoms with E-state index in [-0.39, 0.29) is 18.5 Å². The maximum absolute atomic E-state index is 13.8. The second kappa shape index (κ2) is 11.0. The summed E-state index contributed by atoms with van der Waals surface area (Å²) in [6, 6.07) is 7.89. The summed E-state index contributed by atoms with van der Waals surface area (Å²) in [6.07, 6.45) is 7.23. The van der Waals surface area contributed by atoms with Gasteiger partial charge in [0.15, 0.2) is 0 Å². The van der Waals surface area contributed by atoms with Gasteiger partial charge < -0.3 is 20.8 Å². The Labute approximate surface area is 185 Å². The van der Waals surface area contributed by atoms with E-state index in [0.717, 1.165) is 17.3 Å². The largest absolute Gasteiger partial charge is 0.396 e. The number of nitrogens with one attached hydrogen (secondary N) is 4. The number of aryl methyl sites for hydroxylation is 1. The first kappa shape index (κ1) is 22.8. The smallest absolute Gasteiger partial charge is 0.320 e. The molecule has 0 aliphatic rings. The number of imidazole rings is 1. The molecule has 0 fully saturated rings. The van der Waals surface area contributed by atoms with E-state index in [1.54, 1.807) is 49.5 Å². The van der Waals surface area contributed by atoms with Crippen molar-refractivity contribution in [2.45, 2.75) is 19.8 Å². The van der Waals surface area contributed by atoms with E-state index < -0.39 is 0 Å². The third kappa shape index (κ3) is 5.86. The number of aromatic nitrogens is 3. The van der Waals surface area contributed by atoms with Gasteiger partial charge in [0, 0.05) is 36.7 Å². The van der Waals surface area contributed by atoms with Gasteiger partial charge in [-0.3, -0.25) is 5.32 Å². The zero-order valence-electron chi connectivity index (χ0n) is 17.7. The first-order valence-electron chi connectivity index (χ1n) is 10.2. The highest BCUT2D eigenvalue weighted by molar-refractivity contribution is 5.89. The number of hydrogen-bond acceptors (Lipinski definition) is 5. The fraction of sp³-hybridized carbons (Fsp3) is 0.217. The number of nitrogens with zero attached hydrogens (tertiary/aromatic N) is 2. The average molecular weight is 436 g/mol. The Bertz CT molecular complexity index is 1130. The van der Waals surface area contributed by atoms with E-state index in [1.165, 1.54) is 6.07 Å². The third-order valence-corrected chi connectivity index (χ3v) is 4.66. The third-order valence-electron chi connectivity index (χ3n) is 4.66. The first-order valence-corrected chi connectivity index (χ1v) is 10.2.